The summed E-state index contributed by atoms with van der Waals surface area (Å²) in [5.74, 6) is 0.762. The van der Waals surface area contributed by atoms with Crippen molar-refractivity contribution in [2.45, 2.75) is 39.0 Å². The highest BCUT2D eigenvalue weighted by Gasteiger charge is 2.20. The van der Waals surface area contributed by atoms with E-state index in [1.807, 2.05) is 0 Å². The maximum atomic E-state index is 11.4. The minimum Gasteiger partial charge on any atom is -0.368 e. The molecule has 0 aromatic rings. The molecule has 0 atom stereocenters. The van der Waals surface area contributed by atoms with Gasteiger partial charge in [0.1, 0.15) is 0 Å². The first-order valence-electron chi connectivity index (χ1n) is 5.63. The lowest BCUT2D eigenvalue weighted by atomic mass is 9.81. The maximum absolute atomic E-state index is 11.4. The highest BCUT2D eigenvalue weighted by Crippen LogP contribution is 2.30. The van der Waals surface area contributed by atoms with Crippen LogP contribution in [-0.4, -0.2) is 18.4 Å². The third-order valence-electron chi connectivity index (χ3n) is 3.07. The van der Waals surface area contributed by atoms with Crippen LogP contribution in [0.25, 0.3) is 0 Å². The van der Waals surface area contributed by atoms with Crippen LogP contribution in [0.5, 0.6) is 0 Å². The molecule has 3 N–H and O–H groups in total. The lowest BCUT2D eigenvalue weighted by molar-refractivity contribution is -0.125. The Balaban J connectivity index is 2.17. The second kappa shape index (κ2) is 5.73. The summed E-state index contributed by atoms with van der Waals surface area (Å²) in [6.07, 6.45) is 5.23. The van der Waals surface area contributed by atoms with Gasteiger partial charge in [-0.15, -0.1) is 0 Å². The van der Waals surface area contributed by atoms with Gasteiger partial charge in [-0.25, -0.2) is 0 Å². The van der Waals surface area contributed by atoms with Gasteiger partial charge in [0.2, 0.25) is 11.8 Å². The van der Waals surface area contributed by atoms with Gasteiger partial charge in [0.05, 0.1) is 6.54 Å². The quantitative estimate of drug-likeness (QED) is 0.723. The van der Waals surface area contributed by atoms with Crippen LogP contribution in [-0.2, 0) is 9.59 Å². The number of rotatable bonds is 4. The van der Waals surface area contributed by atoms with Crippen molar-refractivity contribution in [1.82, 2.24) is 5.32 Å². The van der Waals surface area contributed by atoms with Gasteiger partial charge >= 0.3 is 0 Å². The summed E-state index contributed by atoms with van der Waals surface area (Å²) in [5.41, 5.74) is 4.94. The van der Waals surface area contributed by atoms with E-state index >= 15 is 0 Å². The summed E-state index contributed by atoms with van der Waals surface area (Å²) in [7, 11) is 0. The van der Waals surface area contributed by atoms with Gasteiger partial charge in [-0.2, -0.15) is 0 Å². The van der Waals surface area contributed by atoms with Crippen molar-refractivity contribution in [3.05, 3.63) is 0 Å². The van der Waals surface area contributed by atoms with Crippen LogP contribution in [0.15, 0.2) is 0 Å². The van der Waals surface area contributed by atoms with Crippen LogP contribution < -0.4 is 11.1 Å². The van der Waals surface area contributed by atoms with Crippen LogP contribution in [0, 0.1) is 11.8 Å². The Morgan fingerprint density at radius 1 is 1.27 bits per heavy atom. The van der Waals surface area contributed by atoms with Crippen LogP contribution in [0.2, 0.25) is 0 Å². The fourth-order valence-electron chi connectivity index (χ4n) is 2.05. The van der Waals surface area contributed by atoms with Crippen molar-refractivity contribution >= 4 is 11.8 Å². The fourth-order valence-corrected chi connectivity index (χ4v) is 2.05. The maximum Gasteiger partial charge on any atom is 0.236 e. The lowest BCUT2D eigenvalue weighted by Crippen LogP contribution is -2.34. The molecule has 1 fully saturated rings. The molecule has 0 heterocycles. The zero-order valence-electron chi connectivity index (χ0n) is 9.29. The largest absolute Gasteiger partial charge is 0.368 e. The van der Waals surface area contributed by atoms with Crippen LogP contribution in [0.1, 0.15) is 39.0 Å². The molecule has 0 aromatic heterocycles. The molecule has 1 saturated carbocycles. The molecule has 0 aliphatic heterocycles. The summed E-state index contributed by atoms with van der Waals surface area (Å²) in [4.78, 5) is 21.8. The van der Waals surface area contributed by atoms with Gasteiger partial charge in [0.15, 0.2) is 0 Å². The lowest BCUT2D eigenvalue weighted by Gasteiger charge is -2.25. The predicted molar refractivity (Wildman–Crippen MR) is 57.9 cm³/mol. The first kappa shape index (κ1) is 12.0. The van der Waals surface area contributed by atoms with Gasteiger partial charge in [0.25, 0.3) is 0 Å². The van der Waals surface area contributed by atoms with E-state index in [9.17, 15) is 9.59 Å². The van der Waals surface area contributed by atoms with Crippen LogP contribution >= 0.6 is 0 Å². The molecule has 4 nitrogen and oxygen atoms in total. The molecule has 1 aliphatic carbocycles. The molecule has 0 unspecified atom stereocenters. The zero-order chi connectivity index (χ0) is 11.3. The zero-order valence-corrected chi connectivity index (χ0v) is 9.29. The Kier molecular flexibility index (Phi) is 4.59. The van der Waals surface area contributed by atoms with E-state index in [-0.39, 0.29) is 12.5 Å². The molecule has 2 amide bonds. The molecule has 4 heteroatoms. The molecule has 0 spiro atoms. The van der Waals surface area contributed by atoms with E-state index in [1.54, 1.807) is 0 Å². The highest BCUT2D eigenvalue weighted by atomic mass is 16.2. The van der Waals surface area contributed by atoms with E-state index in [0.29, 0.717) is 12.3 Å². The average molecular weight is 212 g/mol. The fraction of sp³-hybridized carbons (Fsp3) is 0.818. The number of carbonyl (C=O) groups is 2. The standard InChI is InChI=1S/C11H20N2O2/c1-8-2-4-9(5-3-8)6-11(15)13-7-10(12)14/h8-9H,2-7H2,1H3,(H2,12,14)(H,13,15). The van der Waals surface area contributed by atoms with E-state index in [0.717, 1.165) is 18.8 Å². The van der Waals surface area contributed by atoms with E-state index < -0.39 is 5.91 Å². The Bertz CT molecular complexity index is 233. The first-order valence-corrected chi connectivity index (χ1v) is 5.63. The van der Waals surface area contributed by atoms with Crippen molar-refractivity contribution in [2.24, 2.45) is 17.6 Å². The van der Waals surface area contributed by atoms with Crippen molar-refractivity contribution in [1.29, 1.82) is 0 Å². The SMILES string of the molecule is CC1CCC(CC(=O)NCC(N)=O)CC1. The van der Waals surface area contributed by atoms with Crippen molar-refractivity contribution < 1.29 is 9.59 Å². The molecule has 1 rings (SSSR count). The van der Waals surface area contributed by atoms with Gasteiger partial charge < -0.3 is 11.1 Å². The van der Waals surface area contributed by atoms with Crippen molar-refractivity contribution in [3.63, 3.8) is 0 Å². The third-order valence-corrected chi connectivity index (χ3v) is 3.07. The molecule has 1 aliphatic rings. The number of hydrogen-bond acceptors (Lipinski definition) is 2. The number of carbonyl (C=O) groups excluding carboxylic acids is 2. The van der Waals surface area contributed by atoms with Gasteiger partial charge in [0, 0.05) is 6.42 Å². The number of nitrogens with two attached hydrogens (primary N) is 1. The summed E-state index contributed by atoms with van der Waals surface area (Å²) in [6, 6.07) is 0. The average Bonchev–Trinajstić information content (AvgIpc) is 2.19. The molecule has 0 aromatic carbocycles. The van der Waals surface area contributed by atoms with Gasteiger partial charge in [-0.05, 0) is 24.7 Å². The third kappa shape index (κ3) is 4.81. The van der Waals surface area contributed by atoms with Gasteiger partial charge in [-0.1, -0.05) is 19.8 Å². The van der Waals surface area contributed by atoms with Crippen molar-refractivity contribution in [3.8, 4) is 0 Å². The minimum atomic E-state index is -0.486. The van der Waals surface area contributed by atoms with Gasteiger partial charge in [-0.3, -0.25) is 9.59 Å². The molecule has 86 valence electrons. The normalized spacial score (nSPS) is 25.9. The highest BCUT2D eigenvalue weighted by molar-refractivity contribution is 5.83. The number of amides is 2. The Hall–Kier alpha value is -1.06. The van der Waals surface area contributed by atoms with E-state index in [4.69, 9.17) is 5.73 Å². The summed E-state index contributed by atoms with van der Waals surface area (Å²) < 4.78 is 0. The molecule has 15 heavy (non-hydrogen) atoms. The second-order valence-electron chi connectivity index (χ2n) is 4.57. The number of nitrogens with one attached hydrogen (secondary N) is 1. The van der Waals surface area contributed by atoms with Crippen molar-refractivity contribution in [2.75, 3.05) is 6.54 Å². The topological polar surface area (TPSA) is 72.2 Å². The van der Waals surface area contributed by atoms with Crippen LogP contribution in [0.3, 0.4) is 0 Å². The Morgan fingerprint density at radius 2 is 1.87 bits per heavy atom. The molecule has 0 bridgehead atoms. The Morgan fingerprint density at radius 3 is 2.40 bits per heavy atom. The smallest absolute Gasteiger partial charge is 0.236 e. The monoisotopic (exact) mass is 212 g/mol. The molecule has 0 radical (unpaired) electrons. The Labute approximate surface area is 90.6 Å². The van der Waals surface area contributed by atoms with Crippen LogP contribution in [0.4, 0.5) is 0 Å². The van der Waals surface area contributed by atoms with E-state index in [1.165, 1.54) is 12.8 Å². The summed E-state index contributed by atoms with van der Waals surface area (Å²) in [5, 5.41) is 2.53. The molecular formula is C11H20N2O2. The number of primary amides is 1. The minimum absolute atomic E-state index is 0.0397. The molecule has 0 saturated heterocycles. The summed E-state index contributed by atoms with van der Waals surface area (Å²) >= 11 is 0. The van der Waals surface area contributed by atoms with E-state index in [2.05, 4.69) is 12.2 Å². The molecular weight excluding hydrogens is 192 g/mol. The first-order chi connectivity index (χ1) is 7.08. The number of hydrogen-bond donors (Lipinski definition) is 2. The summed E-state index contributed by atoms with van der Waals surface area (Å²) in [6.45, 7) is 2.21. The predicted octanol–water partition coefficient (Wildman–Crippen LogP) is 0.804. The second-order valence-corrected chi connectivity index (χ2v) is 4.57.